The minimum absolute atomic E-state index is 0.359. The van der Waals surface area contributed by atoms with Crippen LogP contribution in [-0.2, 0) is 0 Å². The van der Waals surface area contributed by atoms with E-state index in [1.165, 1.54) is 18.4 Å². The van der Waals surface area contributed by atoms with Gasteiger partial charge >= 0.3 is 0 Å². The number of hydrogen-bond acceptors (Lipinski definition) is 3. The van der Waals surface area contributed by atoms with E-state index >= 15 is 0 Å². The minimum Gasteiger partial charge on any atom is -0.508 e. The van der Waals surface area contributed by atoms with Crippen molar-refractivity contribution in [1.29, 1.82) is 0 Å². The van der Waals surface area contributed by atoms with Gasteiger partial charge in [-0.25, -0.2) is 0 Å². The molecule has 2 aliphatic rings. The first-order valence-corrected chi connectivity index (χ1v) is 6.12. The molecule has 2 heterocycles. The Bertz CT molecular complexity index is 386. The molecular weight excluding hydrogens is 200 g/mol. The molecule has 3 N–H and O–H groups in total. The topological polar surface area (TPSA) is 44.3 Å². The fourth-order valence-corrected chi connectivity index (χ4v) is 3.02. The molecular formula is C13H18N2O. The van der Waals surface area contributed by atoms with Gasteiger partial charge in [0, 0.05) is 24.2 Å². The Hall–Kier alpha value is -1.22. The Kier molecular flexibility index (Phi) is 2.48. The van der Waals surface area contributed by atoms with Crippen molar-refractivity contribution in [2.45, 2.75) is 18.8 Å². The summed E-state index contributed by atoms with van der Waals surface area (Å²) in [6, 6.07) is 5.73. The largest absolute Gasteiger partial charge is 0.508 e. The predicted molar refractivity (Wildman–Crippen MR) is 64.9 cm³/mol. The normalized spacial score (nSPS) is 25.1. The molecule has 1 fully saturated rings. The van der Waals surface area contributed by atoms with Gasteiger partial charge in [-0.1, -0.05) is 6.07 Å². The molecule has 0 spiro atoms. The first-order valence-electron chi connectivity index (χ1n) is 6.12. The number of phenolic OH excluding ortho intramolecular Hbond substituents is 1. The summed E-state index contributed by atoms with van der Waals surface area (Å²) in [6.07, 6.45) is 2.54. The Labute approximate surface area is 95.9 Å². The number of piperidine rings is 1. The molecule has 0 aromatic heterocycles. The summed E-state index contributed by atoms with van der Waals surface area (Å²) < 4.78 is 0. The van der Waals surface area contributed by atoms with Crippen molar-refractivity contribution in [3.63, 3.8) is 0 Å². The summed E-state index contributed by atoms with van der Waals surface area (Å²) in [7, 11) is 0. The highest BCUT2D eigenvalue weighted by Crippen LogP contribution is 2.40. The first-order chi connectivity index (χ1) is 7.84. The SMILES string of the molecule is Oc1ccc2c(c1)NCC2C1CCNCC1. The van der Waals surface area contributed by atoms with Crippen LogP contribution in [0.3, 0.4) is 0 Å². The highest BCUT2D eigenvalue weighted by Gasteiger charge is 2.30. The van der Waals surface area contributed by atoms with Gasteiger partial charge in [-0.2, -0.15) is 0 Å². The average molecular weight is 218 g/mol. The molecule has 1 saturated heterocycles. The fraction of sp³-hybridized carbons (Fsp3) is 0.538. The minimum atomic E-state index is 0.359. The van der Waals surface area contributed by atoms with E-state index in [1.807, 2.05) is 6.07 Å². The molecule has 0 aliphatic carbocycles. The number of hydrogen-bond donors (Lipinski definition) is 3. The molecule has 3 rings (SSSR count). The number of benzene rings is 1. The van der Waals surface area contributed by atoms with Crippen LogP contribution in [0, 0.1) is 5.92 Å². The lowest BCUT2D eigenvalue weighted by Crippen LogP contribution is -2.31. The van der Waals surface area contributed by atoms with Crippen LogP contribution >= 0.6 is 0 Å². The molecule has 0 radical (unpaired) electrons. The number of fused-ring (bicyclic) bond motifs is 1. The smallest absolute Gasteiger partial charge is 0.117 e. The van der Waals surface area contributed by atoms with Gasteiger partial charge in [0.1, 0.15) is 5.75 Å². The second-order valence-electron chi connectivity index (χ2n) is 4.85. The summed E-state index contributed by atoms with van der Waals surface area (Å²) in [5.41, 5.74) is 2.52. The van der Waals surface area contributed by atoms with Gasteiger partial charge in [-0.15, -0.1) is 0 Å². The van der Waals surface area contributed by atoms with Crippen LogP contribution in [0.5, 0.6) is 5.75 Å². The van der Waals surface area contributed by atoms with Crippen molar-refractivity contribution in [3.8, 4) is 5.75 Å². The maximum Gasteiger partial charge on any atom is 0.117 e. The van der Waals surface area contributed by atoms with Crippen molar-refractivity contribution in [1.82, 2.24) is 5.32 Å². The van der Waals surface area contributed by atoms with Gasteiger partial charge in [0.15, 0.2) is 0 Å². The molecule has 1 aromatic carbocycles. The third-order valence-electron chi connectivity index (χ3n) is 3.90. The average Bonchev–Trinajstić information content (AvgIpc) is 2.73. The highest BCUT2D eigenvalue weighted by molar-refractivity contribution is 5.60. The summed E-state index contributed by atoms with van der Waals surface area (Å²) in [5, 5.41) is 16.3. The van der Waals surface area contributed by atoms with Crippen LogP contribution in [0.1, 0.15) is 24.3 Å². The Morgan fingerprint density at radius 3 is 2.81 bits per heavy atom. The van der Waals surface area contributed by atoms with E-state index in [1.54, 1.807) is 6.07 Å². The molecule has 1 atom stereocenters. The van der Waals surface area contributed by atoms with E-state index in [2.05, 4.69) is 16.7 Å². The summed E-state index contributed by atoms with van der Waals surface area (Å²) in [4.78, 5) is 0. The summed E-state index contributed by atoms with van der Waals surface area (Å²) >= 11 is 0. The van der Waals surface area contributed by atoms with Crippen molar-refractivity contribution in [2.24, 2.45) is 5.92 Å². The number of rotatable bonds is 1. The van der Waals surface area contributed by atoms with Crippen molar-refractivity contribution in [2.75, 3.05) is 25.0 Å². The third-order valence-corrected chi connectivity index (χ3v) is 3.90. The lowest BCUT2D eigenvalue weighted by Gasteiger charge is -2.28. The van der Waals surface area contributed by atoms with E-state index in [0.717, 1.165) is 31.2 Å². The van der Waals surface area contributed by atoms with E-state index in [-0.39, 0.29) is 0 Å². The van der Waals surface area contributed by atoms with Gasteiger partial charge in [0.2, 0.25) is 0 Å². The third kappa shape index (κ3) is 1.65. The van der Waals surface area contributed by atoms with Crippen molar-refractivity contribution >= 4 is 5.69 Å². The molecule has 1 aromatic rings. The summed E-state index contributed by atoms with van der Waals surface area (Å²) in [5.74, 6) is 1.79. The second kappa shape index (κ2) is 3.98. The van der Waals surface area contributed by atoms with Crippen LogP contribution < -0.4 is 10.6 Å². The zero-order valence-electron chi connectivity index (χ0n) is 9.37. The monoisotopic (exact) mass is 218 g/mol. The van der Waals surface area contributed by atoms with Crippen LogP contribution in [0.4, 0.5) is 5.69 Å². The van der Waals surface area contributed by atoms with Gasteiger partial charge in [0.05, 0.1) is 0 Å². The standard InChI is InChI=1S/C13H18N2O/c16-10-1-2-11-12(8-15-13(11)7-10)9-3-5-14-6-4-9/h1-2,7,9,12,14-16H,3-6,8H2. The molecule has 2 aliphatic heterocycles. The highest BCUT2D eigenvalue weighted by atomic mass is 16.3. The van der Waals surface area contributed by atoms with E-state index in [0.29, 0.717) is 11.7 Å². The molecule has 0 bridgehead atoms. The maximum absolute atomic E-state index is 9.44. The lowest BCUT2D eigenvalue weighted by molar-refractivity contribution is 0.330. The van der Waals surface area contributed by atoms with Crippen LogP contribution in [0.25, 0.3) is 0 Å². The van der Waals surface area contributed by atoms with Crippen LogP contribution in [0.2, 0.25) is 0 Å². The predicted octanol–water partition coefficient (Wildman–Crippen LogP) is 1.90. The lowest BCUT2D eigenvalue weighted by atomic mass is 9.82. The Balaban J connectivity index is 1.84. The van der Waals surface area contributed by atoms with Gasteiger partial charge < -0.3 is 15.7 Å². The number of anilines is 1. The Morgan fingerprint density at radius 1 is 1.19 bits per heavy atom. The zero-order chi connectivity index (χ0) is 11.0. The van der Waals surface area contributed by atoms with E-state index in [4.69, 9.17) is 0 Å². The molecule has 3 nitrogen and oxygen atoms in total. The maximum atomic E-state index is 9.44. The summed E-state index contributed by atoms with van der Waals surface area (Å²) in [6.45, 7) is 3.33. The van der Waals surface area contributed by atoms with Gasteiger partial charge in [0.25, 0.3) is 0 Å². The van der Waals surface area contributed by atoms with Gasteiger partial charge in [-0.05, 0) is 43.5 Å². The first kappa shape index (κ1) is 9.97. The number of phenols is 1. The van der Waals surface area contributed by atoms with E-state index < -0.39 is 0 Å². The van der Waals surface area contributed by atoms with Crippen molar-refractivity contribution in [3.05, 3.63) is 23.8 Å². The second-order valence-corrected chi connectivity index (χ2v) is 4.85. The van der Waals surface area contributed by atoms with Crippen LogP contribution in [-0.4, -0.2) is 24.7 Å². The quantitative estimate of drug-likeness (QED) is 0.674. The molecule has 3 heteroatoms. The van der Waals surface area contributed by atoms with Gasteiger partial charge in [-0.3, -0.25) is 0 Å². The number of aromatic hydroxyl groups is 1. The zero-order valence-corrected chi connectivity index (χ0v) is 9.37. The van der Waals surface area contributed by atoms with Crippen molar-refractivity contribution < 1.29 is 5.11 Å². The molecule has 86 valence electrons. The number of nitrogens with one attached hydrogen (secondary N) is 2. The van der Waals surface area contributed by atoms with E-state index in [9.17, 15) is 5.11 Å². The fourth-order valence-electron chi connectivity index (χ4n) is 3.02. The molecule has 0 saturated carbocycles. The molecule has 16 heavy (non-hydrogen) atoms. The Morgan fingerprint density at radius 2 is 2.00 bits per heavy atom. The molecule has 1 unspecified atom stereocenters. The van der Waals surface area contributed by atoms with Crippen LogP contribution in [0.15, 0.2) is 18.2 Å². The molecule has 0 amide bonds.